The lowest BCUT2D eigenvalue weighted by molar-refractivity contribution is 0.115. The molecular weight excluding hydrogens is 481 g/mol. The van der Waals surface area contributed by atoms with Crippen LogP contribution in [0.1, 0.15) is 18.4 Å². The monoisotopic (exact) mass is 511 g/mol. The molecule has 0 saturated carbocycles. The number of likely N-dealkylation sites (tertiary alicyclic amines) is 1. The number of H-pyrrole nitrogens is 1. The Morgan fingerprint density at radius 2 is 1.92 bits per heavy atom. The standard InChI is InChI=1S/C30H30FN5O2/c1-35-12-9-24(10-13-35)38-28-17-25(37-2)16-27-29(28)30(34-19-33-27)36(18-20-4-3-5-22(31)14-20)23-6-7-26-21(15-23)8-11-32-26/h3-8,11,14-17,19,24,32H,9-10,12-13,18H2,1-2H3. The average molecular weight is 512 g/mol. The molecule has 3 heterocycles. The summed E-state index contributed by atoms with van der Waals surface area (Å²) in [5.41, 5.74) is 3.53. The van der Waals surface area contributed by atoms with Crippen molar-refractivity contribution in [2.75, 3.05) is 32.1 Å². The third-order valence-corrected chi connectivity index (χ3v) is 7.18. The second-order valence-corrected chi connectivity index (χ2v) is 9.80. The molecule has 0 amide bonds. The molecule has 0 radical (unpaired) electrons. The van der Waals surface area contributed by atoms with Gasteiger partial charge >= 0.3 is 0 Å². The fourth-order valence-electron chi connectivity index (χ4n) is 5.13. The van der Waals surface area contributed by atoms with Crippen LogP contribution < -0.4 is 14.4 Å². The summed E-state index contributed by atoms with van der Waals surface area (Å²) in [5.74, 6) is 1.79. The molecule has 194 valence electrons. The molecule has 1 saturated heterocycles. The van der Waals surface area contributed by atoms with E-state index in [9.17, 15) is 4.39 Å². The highest BCUT2D eigenvalue weighted by molar-refractivity contribution is 5.98. The van der Waals surface area contributed by atoms with Gasteiger partial charge in [-0.1, -0.05) is 12.1 Å². The van der Waals surface area contributed by atoms with Crippen LogP contribution in [0, 0.1) is 5.82 Å². The summed E-state index contributed by atoms with van der Waals surface area (Å²) in [5, 5.41) is 1.88. The van der Waals surface area contributed by atoms with Crippen LogP contribution in [0.5, 0.6) is 11.5 Å². The Morgan fingerprint density at radius 3 is 2.74 bits per heavy atom. The van der Waals surface area contributed by atoms with Gasteiger partial charge in [0.15, 0.2) is 0 Å². The Morgan fingerprint density at radius 1 is 1.05 bits per heavy atom. The zero-order valence-corrected chi connectivity index (χ0v) is 21.5. The van der Waals surface area contributed by atoms with Crippen LogP contribution >= 0.6 is 0 Å². The molecule has 0 unspecified atom stereocenters. The van der Waals surface area contributed by atoms with Crippen molar-refractivity contribution in [1.29, 1.82) is 0 Å². The molecule has 2 aromatic heterocycles. The Kier molecular flexibility index (Phi) is 6.55. The van der Waals surface area contributed by atoms with E-state index in [0.717, 1.165) is 59.0 Å². The number of nitrogens with zero attached hydrogens (tertiary/aromatic N) is 4. The number of methoxy groups -OCH3 is 1. The van der Waals surface area contributed by atoms with Crippen molar-refractivity contribution < 1.29 is 13.9 Å². The quantitative estimate of drug-likeness (QED) is 0.286. The Hall–Kier alpha value is -4.17. The van der Waals surface area contributed by atoms with Crippen LogP contribution in [0.25, 0.3) is 21.8 Å². The van der Waals surface area contributed by atoms with Crippen LogP contribution in [0.2, 0.25) is 0 Å². The van der Waals surface area contributed by atoms with Crippen molar-refractivity contribution >= 4 is 33.3 Å². The van der Waals surface area contributed by atoms with Crippen LogP contribution in [0.4, 0.5) is 15.9 Å². The van der Waals surface area contributed by atoms with Crippen LogP contribution in [0.3, 0.4) is 0 Å². The predicted octanol–water partition coefficient (Wildman–Crippen LogP) is 6.07. The highest BCUT2D eigenvalue weighted by Gasteiger charge is 2.24. The van der Waals surface area contributed by atoms with Crippen molar-refractivity contribution in [3.8, 4) is 11.5 Å². The summed E-state index contributed by atoms with van der Waals surface area (Å²) in [6.07, 6.45) is 5.45. The van der Waals surface area contributed by atoms with Crippen molar-refractivity contribution in [3.05, 3.63) is 84.6 Å². The normalized spacial score (nSPS) is 14.7. The number of aromatic nitrogens is 3. The van der Waals surface area contributed by atoms with E-state index in [0.29, 0.717) is 23.9 Å². The predicted molar refractivity (Wildman–Crippen MR) is 148 cm³/mol. The molecule has 5 aromatic rings. The number of halogens is 1. The minimum Gasteiger partial charge on any atom is -0.497 e. The first-order chi connectivity index (χ1) is 18.6. The van der Waals surface area contributed by atoms with Gasteiger partial charge in [0, 0.05) is 54.6 Å². The van der Waals surface area contributed by atoms with E-state index in [-0.39, 0.29) is 11.9 Å². The molecule has 0 spiro atoms. The topological polar surface area (TPSA) is 66.5 Å². The third kappa shape index (κ3) is 4.87. The molecule has 0 atom stereocenters. The maximum Gasteiger partial charge on any atom is 0.148 e. The fraction of sp³-hybridized carbons (Fsp3) is 0.267. The van der Waals surface area contributed by atoms with Gasteiger partial charge in [0.25, 0.3) is 0 Å². The SMILES string of the molecule is COc1cc(OC2CCN(C)CC2)c2c(N(Cc3cccc(F)c3)c3ccc4[nH]ccc4c3)ncnc2c1. The van der Waals surface area contributed by atoms with Gasteiger partial charge in [-0.25, -0.2) is 14.4 Å². The zero-order valence-electron chi connectivity index (χ0n) is 21.5. The third-order valence-electron chi connectivity index (χ3n) is 7.18. The number of hydrogen-bond acceptors (Lipinski definition) is 6. The summed E-state index contributed by atoms with van der Waals surface area (Å²) < 4.78 is 26.4. The van der Waals surface area contributed by atoms with Crippen molar-refractivity contribution in [1.82, 2.24) is 19.9 Å². The molecule has 7 nitrogen and oxygen atoms in total. The van der Waals surface area contributed by atoms with Crippen molar-refractivity contribution in [2.24, 2.45) is 0 Å². The smallest absolute Gasteiger partial charge is 0.148 e. The minimum atomic E-state index is -0.271. The first-order valence-electron chi connectivity index (χ1n) is 12.8. The minimum absolute atomic E-state index is 0.0856. The molecule has 1 aliphatic heterocycles. The number of rotatable bonds is 7. The summed E-state index contributed by atoms with van der Waals surface area (Å²) in [6.45, 7) is 2.39. The first-order valence-corrected chi connectivity index (χ1v) is 12.8. The Bertz CT molecular complexity index is 1580. The number of benzene rings is 3. The van der Waals surface area contributed by atoms with Gasteiger partial charge in [0.1, 0.15) is 35.6 Å². The van der Waals surface area contributed by atoms with Crippen LogP contribution in [-0.4, -0.2) is 53.2 Å². The summed E-state index contributed by atoms with van der Waals surface area (Å²) in [4.78, 5) is 17.0. The number of aromatic amines is 1. The number of hydrogen-bond donors (Lipinski definition) is 1. The van der Waals surface area contributed by atoms with Gasteiger partial charge in [-0.3, -0.25) is 0 Å². The van der Waals surface area contributed by atoms with Crippen LogP contribution in [-0.2, 0) is 6.54 Å². The van der Waals surface area contributed by atoms with E-state index >= 15 is 0 Å². The lowest BCUT2D eigenvalue weighted by atomic mass is 10.1. The van der Waals surface area contributed by atoms with E-state index in [2.05, 4.69) is 32.9 Å². The lowest BCUT2D eigenvalue weighted by Crippen LogP contribution is -2.35. The largest absolute Gasteiger partial charge is 0.497 e. The number of piperidine rings is 1. The van der Waals surface area contributed by atoms with Gasteiger partial charge in [0.2, 0.25) is 0 Å². The second-order valence-electron chi connectivity index (χ2n) is 9.80. The number of anilines is 2. The van der Waals surface area contributed by atoms with Crippen molar-refractivity contribution in [3.63, 3.8) is 0 Å². The van der Waals surface area contributed by atoms with E-state index in [1.807, 2.05) is 42.6 Å². The molecule has 38 heavy (non-hydrogen) atoms. The molecule has 1 aliphatic rings. The van der Waals surface area contributed by atoms with Crippen molar-refractivity contribution in [2.45, 2.75) is 25.5 Å². The molecule has 6 rings (SSSR count). The van der Waals surface area contributed by atoms with Gasteiger partial charge in [-0.15, -0.1) is 0 Å². The molecular formula is C30H30FN5O2. The lowest BCUT2D eigenvalue weighted by Gasteiger charge is -2.30. The molecule has 8 heteroatoms. The summed E-state index contributed by atoms with van der Waals surface area (Å²) in [7, 11) is 3.78. The molecule has 1 N–H and O–H groups in total. The second kappa shape index (κ2) is 10.3. The summed E-state index contributed by atoms with van der Waals surface area (Å²) in [6, 6.07) is 18.7. The fourth-order valence-corrected chi connectivity index (χ4v) is 5.13. The first kappa shape index (κ1) is 24.2. The number of ether oxygens (including phenoxy) is 2. The molecule has 0 aliphatic carbocycles. The maximum atomic E-state index is 14.2. The van der Waals surface area contributed by atoms with Gasteiger partial charge < -0.3 is 24.3 Å². The molecule has 3 aromatic carbocycles. The summed E-state index contributed by atoms with van der Waals surface area (Å²) >= 11 is 0. The Balaban J connectivity index is 1.51. The maximum absolute atomic E-state index is 14.2. The highest BCUT2D eigenvalue weighted by atomic mass is 19.1. The zero-order chi connectivity index (χ0) is 26.1. The van der Waals surface area contributed by atoms with E-state index in [1.54, 1.807) is 25.6 Å². The number of fused-ring (bicyclic) bond motifs is 2. The molecule has 1 fully saturated rings. The van der Waals surface area contributed by atoms with Gasteiger partial charge in [-0.2, -0.15) is 0 Å². The van der Waals surface area contributed by atoms with Gasteiger partial charge in [0.05, 0.1) is 18.0 Å². The Labute approximate surface area is 220 Å². The van der Waals surface area contributed by atoms with Gasteiger partial charge in [-0.05, 0) is 61.9 Å². The average Bonchev–Trinajstić information content (AvgIpc) is 3.41. The highest BCUT2D eigenvalue weighted by Crippen LogP contribution is 2.40. The molecule has 0 bridgehead atoms. The van der Waals surface area contributed by atoms with E-state index in [4.69, 9.17) is 14.5 Å². The van der Waals surface area contributed by atoms with Crippen LogP contribution in [0.15, 0.2) is 73.2 Å². The van der Waals surface area contributed by atoms with E-state index in [1.165, 1.54) is 6.07 Å². The number of nitrogens with one attached hydrogen (secondary N) is 1. The van der Waals surface area contributed by atoms with E-state index < -0.39 is 0 Å².